The average molecular weight is 315 g/mol. The maximum Gasteiger partial charge on any atom is 0.246 e. The minimum atomic E-state index is 0.0868. The number of fused-ring (bicyclic) bond motifs is 1. The standard InChI is InChI=1S/C19H25NO3/c1-14-11-16-13-17(22-2)15(12-18(16)23-14)7-8-19(21)20-9-5-3-4-6-10-20/h7-8,12-14H,3-6,9-11H2,1-2H3/b8-7+/t14-/m1/s1. The lowest BCUT2D eigenvalue weighted by atomic mass is 10.1. The lowest BCUT2D eigenvalue weighted by Gasteiger charge is -2.18. The lowest BCUT2D eigenvalue weighted by Crippen LogP contribution is -2.30. The number of ether oxygens (including phenoxy) is 2. The number of carbonyl (C=O) groups is 1. The fourth-order valence-electron chi connectivity index (χ4n) is 3.32. The van der Waals surface area contributed by atoms with Crippen LogP contribution < -0.4 is 9.47 Å². The summed E-state index contributed by atoms with van der Waals surface area (Å²) in [5.41, 5.74) is 2.06. The predicted molar refractivity (Wildman–Crippen MR) is 90.9 cm³/mol. The molecule has 4 nitrogen and oxygen atoms in total. The zero-order valence-corrected chi connectivity index (χ0v) is 14.0. The van der Waals surface area contributed by atoms with Gasteiger partial charge in [-0.05, 0) is 38.0 Å². The van der Waals surface area contributed by atoms with Crippen LogP contribution in [0.4, 0.5) is 0 Å². The Kier molecular flexibility index (Phi) is 4.89. The number of likely N-dealkylation sites (tertiary alicyclic amines) is 1. The van der Waals surface area contributed by atoms with Crippen molar-refractivity contribution >= 4 is 12.0 Å². The summed E-state index contributed by atoms with van der Waals surface area (Å²) < 4.78 is 11.3. The number of amides is 1. The van der Waals surface area contributed by atoms with Gasteiger partial charge < -0.3 is 14.4 Å². The Morgan fingerprint density at radius 1 is 1.26 bits per heavy atom. The molecular formula is C19H25NO3. The molecule has 0 radical (unpaired) electrons. The highest BCUT2D eigenvalue weighted by Gasteiger charge is 2.21. The van der Waals surface area contributed by atoms with Crippen molar-refractivity contribution in [2.75, 3.05) is 20.2 Å². The van der Waals surface area contributed by atoms with Crippen molar-refractivity contribution < 1.29 is 14.3 Å². The molecule has 3 rings (SSSR count). The Morgan fingerprint density at radius 2 is 2.00 bits per heavy atom. The minimum absolute atomic E-state index is 0.0868. The summed E-state index contributed by atoms with van der Waals surface area (Å²) >= 11 is 0. The van der Waals surface area contributed by atoms with Crippen LogP contribution in [0.15, 0.2) is 18.2 Å². The molecule has 0 N–H and O–H groups in total. The molecule has 0 spiro atoms. The molecule has 1 saturated heterocycles. The largest absolute Gasteiger partial charge is 0.496 e. The number of carbonyl (C=O) groups excluding carboxylic acids is 1. The van der Waals surface area contributed by atoms with Crippen molar-refractivity contribution in [3.63, 3.8) is 0 Å². The molecule has 124 valence electrons. The number of rotatable bonds is 3. The number of hydrogen-bond donors (Lipinski definition) is 0. The molecule has 0 unspecified atom stereocenters. The van der Waals surface area contributed by atoms with Gasteiger partial charge in [0.25, 0.3) is 0 Å². The van der Waals surface area contributed by atoms with Gasteiger partial charge in [-0.1, -0.05) is 12.8 Å². The molecule has 0 aliphatic carbocycles. The van der Waals surface area contributed by atoms with Gasteiger partial charge >= 0.3 is 0 Å². The summed E-state index contributed by atoms with van der Waals surface area (Å²) in [4.78, 5) is 14.3. The third-order valence-corrected chi connectivity index (χ3v) is 4.57. The summed E-state index contributed by atoms with van der Waals surface area (Å²) in [6.07, 6.45) is 9.27. The Bertz CT molecular complexity index is 601. The molecule has 2 aliphatic heterocycles. The molecule has 1 aromatic rings. The first-order chi connectivity index (χ1) is 11.2. The van der Waals surface area contributed by atoms with E-state index in [-0.39, 0.29) is 12.0 Å². The monoisotopic (exact) mass is 315 g/mol. The Hall–Kier alpha value is -1.97. The maximum absolute atomic E-state index is 12.4. The SMILES string of the molecule is COc1cc2c(cc1/C=C/C(=O)N1CCCCCC1)O[C@H](C)C2. The van der Waals surface area contributed by atoms with Crippen LogP contribution >= 0.6 is 0 Å². The highest BCUT2D eigenvalue weighted by Crippen LogP contribution is 2.35. The van der Waals surface area contributed by atoms with Gasteiger partial charge in [0.1, 0.15) is 17.6 Å². The van der Waals surface area contributed by atoms with Crippen molar-refractivity contribution in [2.45, 2.75) is 45.1 Å². The second kappa shape index (κ2) is 7.07. The molecule has 0 bridgehead atoms. The zero-order chi connectivity index (χ0) is 16.2. The topological polar surface area (TPSA) is 38.8 Å². The van der Waals surface area contributed by atoms with Crippen LogP contribution in [-0.4, -0.2) is 37.1 Å². The highest BCUT2D eigenvalue weighted by molar-refractivity contribution is 5.92. The summed E-state index contributed by atoms with van der Waals surface area (Å²) in [7, 11) is 1.66. The van der Waals surface area contributed by atoms with Crippen LogP contribution in [0.1, 0.15) is 43.7 Å². The Balaban J connectivity index is 1.76. The van der Waals surface area contributed by atoms with E-state index in [0.29, 0.717) is 0 Å². The highest BCUT2D eigenvalue weighted by atomic mass is 16.5. The van der Waals surface area contributed by atoms with Crippen LogP contribution in [0.25, 0.3) is 6.08 Å². The van der Waals surface area contributed by atoms with Crippen LogP contribution in [0.2, 0.25) is 0 Å². The van der Waals surface area contributed by atoms with E-state index < -0.39 is 0 Å². The van der Waals surface area contributed by atoms with E-state index >= 15 is 0 Å². The van der Waals surface area contributed by atoms with E-state index in [2.05, 4.69) is 6.92 Å². The fraction of sp³-hybridized carbons (Fsp3) is 0.526. The quantitative estimate of drug-likeness (QED) is 0.802. The van der Waals surface area contributed by atoms with Gasteiger partial charge in [0.15, 0.2) is 0 Å². The first-order valence-corrected chi connectivity index (χ1v) is 8.52. The Labute approximate surface area is 138 Å². The van der Waals surface area contributed by atoms with Crippen molar-refractivity contribution in [2.24, 2.45) is 0 Å². The van der Waals surface area contributed by atoms with Crippen LogP contribution in [0.5, 0.6) is 11.5 Å². The normalized spacial score (nSPS) is 21.0. The molecule has 1 amide bonds. The van der Waals surface area contributed by atoms with Gasteiger partial charge in [-0.25, -0.2) is 0 Å². The zero-order valence-electron chi connectivity index (χ0n) is 14.0. The summed E-state index contributed by atoms with van der Waals surface area (Å²) in [5, 5.41) is 0. The number of methoxy groups -OCH3 is 1. The van der Waals surface area contributed by atoms with Crippen molar-refractivity contribution in [3.8, 4) is 11.5 Å². The minimum Gasteiger partial charge on any atom is -0.496 e. The van der Waals surface area contributed by atoms with Crippen molar-refractivity contribution in [1.82, 2.24) is 4.90 Å². The smallest absolute Gasteiger partial charge is 0.246 e. The van der Waals surface area contributed by atoms with Gasteiger partial charge in [-0.3, -0.25) is 4.79 Å². The van der Waals surface area contributed by atoms with Crippen molar-refractivity contribution in [1.29, 1.82) is 0 Å². The van der Waals surface area contributed by atoms with E-state index in [9.17, 15) is 4.79 Å². The molecule has 1 atom stereocenters. The molecule has 1 aromatic carbocycles. The lowest BCUT2D eigenvalue weighted by molar-refractivity contribution is -0.125. The second-order valence-corrected chi connectivity index (χ2v) is 6.41. The van der Waals surface area contributed by atoms with Gasteiger partial charge in [-0.15, -0.1) is 0 Å². The van der Waals surface area contributed by atoms with Gasteiger partial charge in [0.2, 0.25) is 5.91 Å². The number of hydrogen-bond acceptors (Lipinski definition) is 3. The number of nitrogens with zero attached hydrogens (tertiary/aromatic N) is 1. The predicted octanol–water partition coefficient (Wildman–Crippen LogP) is 3.43. The summed E-state index contributed by atoms with van der Waals surface area (Å²) in [6, 6.07) is 4.00. The number of benzene rings is 1. The average Bonchev–Trinajstić information content (AvgIpc) is 2.75. The fourth-order valence-corrected chi connectivity index (χ4v) is 3.32. The van der Waals surface area contributed by atoms with Gasteiger partial charge in [0.05, 0.1) is 7.11 Å². The molecule has 1 fully saturated rings. The van der Waals surface area contributed by atoms with Gasteiger partial charge in [-0.2, -0.15) is 0 Å². The molecule has 0 aromatic heterocycles. The van der Waals surface area contributed by atoms with Crippen molar-refractivity contribution in [3.05, 3.63) is 29.3 Å². The molecule has 2 aliphatic rings. The van der Waals surface area contributed by atoms with Crippen LogP contribution in [-0.2, 0) is 11.2 Å². The van der Waals surface area contributed by atoms with Crippen LogP contribution in [0, 0.1) is 0 Å². The first kappa shape index (κ1) is 15.9. The van der Waals surface area contributed by atoms with Crippen LogP contribution in [0.3, 0.4) is 0 Å². The Morgan fingerprint density at radius 3 is 2.70 bits per heavy atom. The first-order valence-electron chi connectivity index (χ1n) is 8.52. The maximum atomic E-state index is 12.4. The molecule has 4 heteroatoms. The van der Waals surface area contributed by atoms with E-state index in [1.54, 1.807) is 13.2 Å². The molecular weight excluding hydrogens is 290 g/mol. The van der Waals surface area contributed by atoms with Gasteiger partial charge in [0, 0.05) is 36.7 Å². The van der Waals surface area contributed by atoms with E-state index in [0.717, 1.165) is 49.4 Å². The third kappa shape index (κ3) is 3.69. The summed E-state index contributed by atoms with van der Waals surface area (Å²) in [5.74, 6) is 1.78. The summed E-state index contributed by atoms with van der Waals surface area (Å²) in [6.45, 7) is 3.79. The third-order valence-electron chi connectivity index (χ3n) is 4.57. The molecule has 23 heavy (non-hydrogen) atoms. The second-order valence-electron chi connectivity index (χ2n) is 6.41. The molecule has 0 saturated carbocycles. The molecule has 2 heterocycles. The van der Waals surface area contributed by atoms with E-state index in [4.69, 9.17) is 9.47 Å². The van der Waals surface area contributed by atoms with E-state index in [1.165, 1.54) is 18.4 Å². The van der Waals surface area contributed by atoms with E-state index in [1.807, 2.05) is 23.1 Å².